The number of hydrogen-bond donors (Lipinski definition) is 2. The van der Waals surface area contributed by atoms with Crippen molar-refractivity contribution in [1.29, 1.82) is 0 Å². The van der Waals surface area contributed by atoms with Crippen LogP contribution in [0.2, 0.25) is 5.02 Å². The molecule has 0 saturated heterocycles. The normalized spacial score (nSPS) is 11.4. The lowest BCUT2D eigenvalue weighted by Crippen LogP contribution is -2.27. The van der Waals surface area contributed by atoms with Crippen molar-refractivity contribution in [1.82, 2.24) is 14.9 Å². The van der Waals surface area contributed by atoms with E-state index in [-0.39, 0.29) is 24.7 Å². The number of alkyl halides is 3. The molecule has 0 unspecified atom stereocenters. The van der Waals surface area contributed by atoms with Crippen molar-refractivity contribution in [2.24, 2.45) is 0 Å². The van der Waals surface area contributed by atoms with Gasteiger partial charge in [0.1, 0.15) is 12.4 Å². The molecule has 0 saturated carbocycles. The van der Waals surface area contributed by atoms with Crippen LogP contribution in [-0.2, 0) is 23.9 Å². The second-order valence-electron chi connectivity index (χ2n) is 7.72. The number of anilines is 1. The Morgan fingerprint density at radius 1 is 0.971 bits per heavy atom. The molecular formula is C25H20ClF3N4O2. The van der Waals surface area contributed by atoms with Gasteiger partial charge in [0.15, 0.2) is 0 Å². The van der Waals surface area contributed by atoms with Gasteiger partial charge >= 0.3 is 6.18 Å². The largest absolute Gasteiger partial charge is 0.416 e. The first-order valence-corrected chi connectivity index (χ1v) is 11.0. The number of rotatable bonds is 7. The van der Waals surface area contributed by atoms with E-state index in [2.05, 4.69) is 15.6 Å². The first-order valence-electron chi connectivity index (χ1n) is 10.7. The number of carbonyl (C=O) groups excluding carboxylic acids is 2. The van der Waals surface area contributed by atoms with Gasteiger partial charge in [-0.3, -0.25) is 9.59 Å². The molecule has 35 heavy (non-hydrogen) atoms. The molecule has 0 bridgehead atoms. The van der Waals surface area contributed by atoms with Crippen molar-refractivity contribution in [2.75, 3.05) is 11.9 Å². The van der Waals surface area contributed by atoms with Gasteiger partial charge in [0, 0.05) is 18.7 Å². The van der Waals surface area contributed by atoms with E-state index in [1.54, 1.807) is 47.0 Å². The number of imidazole rings is 1. The number of carbonyl (C=O) groups is 2. The van der Waals surface area contributed by atoms with Crippen molar-refractivity contribution >= 4 is 40.1 Å². The molecule has 0 aliphatic heterocycles. The van der Waals surface area contributed by atoms with Crippen LogP contribution in [0.15, 0.2) is 72.8 Å². The van der Waals surface area contributed by atoms with Gasteiger partial charge in [-0.2, -0.15) is 13.2 Å². The quantitative estimate of drug-likeness (QED) is 0.360. The third-order valence-corrected chi connectivity index (χ3v) is 5.59. The van der Waals surface area contributed by atoms with E-state index in [0.29, 0.717) is 33.9 Å². The van der Waals surface area contributed by atoms with E-state index in [9.17, 15) is 22.8 Å². The fraction of sp³-hybridized carbons (Fsp3) is 0.160. The number of hydrogen-bond acceptors (Lipinski definition) is 3. The predicted molar refractivity (Wildman–Crippen MR) is 127 cm³/mol. The molecular weight excluding hydrogens is 481 g/mol. The number of fused-ring (bicyclic) bond motifs is 1. The van der Waals surface area contributed by atoms with Gasteiger partial charge in [-0.15, -0.1) is 0 Å². The Balaban J connectivity index is 1.48. The first kappa shape index (κ1) is 24.3. The minimum Gasteiger partial charge on any atom is -0.352 e. The van der Waals surface area contributed by atoms with E-state index in [1.807, 2.05) is 6.07 Å². The maximum Gasteiger partial charge on any atom is 0.416 e. The summed E-state index contributed by atoms with van der Waals surface area (Å²) in [7, 11) is 0. The summed E-state index contributed by atoms with van der Waals surface area (Å²) in [5.74, 6) is -0.292. The molecule has 0 aliphatic rings. The molecule has 180 valence electrons. The smallest absolute Gasteiger partial charge is 0.352 e. The topological polar surface area (TPSA) is 76.0 Å². The molecule has 3 aromatic carbocycles. The van der Waals surface area contributed by atoms with Crippen molar-refractivity contribution < 1.29 is 22.8 Å². The standard InChI is InChI=1S/C25H20ClF3N4O2/c26-19-9-2-1-8-18(19)24(35)30-13-12-22-32-20-10-3-4-11-21(20)33(22)15-23(34)31-17-7-5-6-16(14-17)25(27,28)29/h1-11,14H,12-13,15H2,(H,30,35)(H,31,34). The van der Waals surface area contributed by atoms with Gasteiger partial charge in [0.25, 0.3) is 5.91 Å². The molecule has 2 amide bonds. The van der Waals surface area contributed by atoms with E-state index in [1.165, 1.54) is 12.1 Å². The Kier molecular flexibility index (Phi) is 7.07. The molecule has 0 spiro atoms. The van der Waals surface area contributed by atoms with Crippen LogP contribution in [0.4, 0.5) is 18.9 Å². The minimum atomic E-state index is -4.51. The maximum absolute atomic E-state index is 13.0. The molecule has 0 aliphatic carbocycles. The molecule has 6 nitrogen and oxygen atoms in total. The van der Waals surface area contributed by atoms with Crippen molar-refractivity contribution in [3.8, 4) is 0 Å². The van der Waals surface area contributed by atoms with Crippen LogP contribution >= 0.6 is 11.6 Å². The zero-order chi connectivity index (χ0) is 25.0. The molecule has 4 aromatic rings. The van der Waals surface area contributed by atoms with Gasteiger partial charge < -0.3 is 15.2 Å². The van der Waals surface area contributed by atoms with Crippen molar-refractivity contribution in [2.45, 2.75) is 19.1 Å². The van der Waals surface area contributed by atoms with E-state index < -0.39 is 17.6 Å². The summed E-state index contributed by atoms with van der Waals surface area (Å²) >= 11 is 6.07. The maximum atomic E-state index is 13.0. The van der Waals surface area contributed by atoms with Crippen LogP contribution in [-0.4, -0.2) is 27.9 Å². The number of amides is 2. The molecule has 2 N–H and O–H groups in total. The Hall–Kier alpha value is -3.85. The van der Waals surface area contributed by atoms with E-state index in [0.717, 1.165) is 12.1 Å². The molecule has 10 heteroatoms. The molecule has 1 aromatic heterocycles. The van der Waals surface area contributed by atoms with Crippen molar-refractivity contribution in [3.05, 3.63) is 94.8 Å². The van der Waals surface area contributed by atoms with Crippen LogP contribution in [0.1, 0.15) is 21.7 Å². The third kappa shape index (κ3) is 5.81. The zero-order valence-electron chi connectivity index (χ0n) is 18.3. The SMILES string of the molecule is O=C(Cn1c(CCNC(=O)c2ccccc2Cl)nc2ccccc21)Nc1cccc(C(F)(F)F)c1. The highest BCUT2D eigenvalue weighted by molar-refractivity contribution is 6.33. The lowest BCUT2D eigenvalue weighted by molar-refractivity contribution is -0.137. The second-order valence-corrected chi connectivity index (χ2v) is 8.12. The molecule has 4 rings (SSSR count). The van der Waals surface area contributed by atoms with Crippen LogP contribution in [0.5, 0.6) is 0 Å². The summed E-state index contributed by atoms with van der Waals surface area (Å²) in [6.45, 7) is 0.0766. The summed E-state index contributed by atoms with van der Waals surface area (Å²) in [6.07, 6.45) is -4.19. The van der Waals surface area contributed by atoms with Gasteiger partial charge in [0.2, 0.25) is 5.91 Å². The van der Waals surface area contributed by atoms with E-state index >= 15 is 0 Å². The lowest BCUT2D eigenvalue weighted by Gasteiger charge is -2.12. The molecule has 0 atom stereocenters. The Bertz CT molecular complexity index is 1380. The summed E-state index contributed by atoms with van der Waals surface area (Å²) in [6, 6.07) is 18.3. The average Bonchev–Trinajstić information content (AvgIpc) is 3.16. The Labute approximate surface area is 203 Å². The zero-order valence-corrected chi connectivity index (χ0v) is 19.0. The van der Waals surface area contributed by atoms with Crippen molar-refractivity contribution in [3.63, 3.8) is 0 Å². The highest BCUT2D eigenvalue weighted by Crippen LogP contribution is 2.30. The highest BCUT2D eigenvalue weighted by Gasteiger charge is 2.30. The fourth-order valence-corrected chi connectivity index (χ4v) is 3.86. The monoisotopic (exact) mass is 500 g/mol. The number of nitrogens with zero attached hydrogens (tertiary/aromatic N) is 2. The van der Waals surface area contributed by atoms with Gasteiger partial charge in [0.05, 0.1) is 27.2 Å². The van der Waals surface area contributed by atoms with Crippen LogP contribution in [0, 0.1) is 0 Å². The summed E-state index contributed by atoms with van der Waals surface area (Å²) in [4.78, 5) is 29.7. The summed E-state index contributed by atoms with van der Waals surface area (Å²) < 4.78 is 40.6. The van der Waals surface area contributed by atoms with Crippen LogP contribution in [0.25, 0.3) is 11.0 Å². The number of para-hydroxylation sites is 2. The number of halogens is 4. The average molecular weight is 501 g/mol. The van der Waals surface area contributed by atoms with Crippen LogP contribution in [0.3, 0.4) is 0 Å². The second kappa shape index (κ2) is 10.2. The molecule has 0 radical (unpaired) electrons. The lowest BCUT2D eigenvalue weighted by atomic mass is 10.2. The van der Waals surface area contributed by atoms with Gasteiger partial charge in [-0.1, -0.05) is 41.9 Å². The first-order chi connectivity index (χ1) is 16.7. The minimum absolute atomic E-state index is 0.0443. The fourth-order valence-electron chi connectivity index (χ4n) is 3.64. The Morgan fingerprint density at radius 2 is 1.71 bits per heavy atom. The third-order valence-electron chi connectivity index (χ3n) is 5.26. The molecule has 0 fully saturated rings. The van der Waals surface area contributed by atoms with E-state index in [4.69, 9.17) is 11.6 Å². The summed E-state index contributed by atoms with van der Waals surface area (Å²) in [5.41, 5.74) is 0.898. The predicted octanol–water partition coefficient (Wildman–Crippen LogP) is 5.32. The number of benzene rings is 3. The molecule has 1 heterocycles. The van der Waals surface area contributed by atoms with Crippen LogP contribution < -0.4 is 10.6 Å². The Morgan fingerprint density at radius 3 is 2.49 bits per heavy atom. The van der Waals surface area contributed by atoms with Gasteiger partial charge in [-0.25, -0.2) is 4.98 Å². The summed E-state index contributed by atoms with van der Waals surface area (Å²) in [5, 5.41) is 5.64. The van der Waals surface area contributed by atoms with Gasteiger partial charge in [-0.05, 0) is 42.5 Å². The highest BCUT2D eigenvalue weighted by atomic mass is 35.5. The number of aromatic nitrogens is 2. The number of nitrogens with one attached hydrogen (secondary N) is 2.